The van der Waals surface area contributed by atoms with Crippen LogP contribution in [0.25, 0.3) is 0 Å². The number of ether oxygens (including phenoxy) is 3. The van der Waals surface area contributed by atoms with Gasteiger partial charge in [0.15, 0.2) is 12.6 Å². The van der Waals surface area contributed by atoms with Crippen molar-refractivity contribution in [3.8, 4) is 0 Å². The van der Waals surface area contributed by atoms with E-state index in [9.17, 15) is 30.6 Å². The number of alkyl halides is 2. The van der Waals surface area contributed by atoms with Crippen molar-refractivity contribution in [2.45, 2.75) is 59.2 Å². The molecule has 0 radical (unpaired) electrons. The van der Waals surface area contributed by atoms with Crippen LogP contribution in [0.2, 0.25) is 0 Å². The number of halogens is 2. The molecule has 0 aromatic carbocycles. The van der Waals surface area contributed by atoms with Gasteiger partial charge in [-0.25, -0.2) is 0 Å². The first-order valence-corrected chi connectivity index (χ1v) is 7.90. The van der Waals surface area contributed by atoms with E-state index >= 15 is 0 Å². The van der Waals surface area contributed by atoms with Gasteiger partial charge in [0.1, 0.15) is 46.7 Å². The topological polar surface area (TPSA) is 149 Å². The van der Waals surface area contributed by atoms with Crippen LogP contribution in [-0.4, -0.2) is 89.9 Å². The number of aliphatic hydroxyl groups excluding tert-OH is 6. The summed E-state index contributed by atoms with van der Waals surface area (Å²) in [6.45, 7) is 0. The Morgan fingerprint density at radius 2 is 0.905 bits per heavy atom. The molecule has 6 N–H and O–H groups in total. The average molecular weight is 440 g/mol. The van der Waals surface area contributed by atoms with Gasteiger partial charge in [0.05, 0.1) is 0 Å². The summed E-state index contributed by atoms with van der Waals surface area (Å²) in [6, 6.07) is 0. The number of aliphatic hydroxyl groups is 6. The van der Waals surface area contributed by atoms with Crippen LogP contribution in [0.3, 0.4) is 0 Å². The fraction of sp³-hybridized carbons (Fsp3) is 1.00. The molecule has 11 heteroatoms. The smallest absolute Gasteiger partial charge is 0.190 e. The lowest BCUT2D eigenvalue weighted by Crippen LogP contribution is -2.61. The van der Waals surface area contributed by atoms with Crippen molar-refractivity contribution < 1.29 is 44.8 Å². The highest BCUT2D eigenvalue weighted by molar-refractivity contribution is 9.09. The Bertz CT molecular complexity index is 329. The van der Waals surface area contributed by atoms with Crippen LogP contribution in [0, 0.1) is 0 Å². The third kappa shape index (κ3) is 3.58. The van der Waals surface area contributed by atoms with E-state index in [2.05, 4.69) is 31.9 Å². The molecule has 0 saturated carbocycles. The molecule has 0 bridgehead atoms. The van der Waals surface area contributed by atoms with Crippen molar-refractivity contribution in [1.82, 2.24) is 0 Å². The molecule has 0 amide bonds. The highest BCUT2D eigenvalue weighted by Gasteiger charge is 2.48. The van der Waals surface area contributed by atoms with Crippen LogP contribution in [-0.2, 0) is 14.2 Å². The number of hydrogen-bond acceptors (Lipinski definition) is 9. The normalized spacial score (nSPS) is 55.4. The van der Waals surface area contributed by atoms with E-state index in [1.54, 1.807) is 0 Å². The molecule has 0 aromatic heterocycles. The molecule has 4 unspecified atom stereocenters. The maximum atomic E-state index is 9.78. The first-order chi connectivity index (χ1) is 9.73. The SMILES string of the molecule is OC1[C@H](O[C@H]2OC(Br)[C@H](O)[C@@H](O)C2O)OC(Br)[C@@H](O)[C@@H]1O. The van der Waals surface area contributed by atoms with Gasteiger partial charge < -0.3 is 44.8 Å². The van der Waals surface area contributed by atoms with Gasteiger partial charge in [-0.05, 0) is 0 Å². The fourth-order valence-corrected chi connectivity index (χ4v) is 3.02. The van der Waals surface area contributed by atoms with Gasteiger partial charge in [0.2, 0.25) is 0 Å². The lowest BCUT2D eigenvalue weighted by molar-refractivity contribution is -0.357. The first-order valence-electron chi connectivity index (χ1n) is 6.07. The van der Waals surface area contributed by atoms with Crippen LogP contribution < -0.4 is 0 Å². The lowest BCUT2D eigenvalue weighted by Gasteiger charge is -2.43. The van der Waals surface area contributed by atoms with Gasteiger partial charge in [-0.2, -0.15) is 0 Å². The molecule has 2 saturated heterocycles. The standard InChI is InChI=1S/C10H16Br2O9/c11-7-3(15)1(13)5(17)9(19-7)21-10-6(18)2(14)4(16)8(12)20-10/h1-10,13-18H/t1-,2+,3-,4+,5?,6?,7?,8?,9-,10+. The van der Waals surface area contributed by atoms with E-state index in [4.69, 9.17) is 14.2 Å². The van der Waals surface area contributed by atoms with E-state index in [1.165, 1.54) is 0 Å². The second-order valence-corrected chi connectivity index (χ2v) is 6.60. The summed E-state index contributed by atoms with van der Waals surface area (Å²) in [7, 11) is 0. The maximum Gasteiger partial charge on any atom is 0.190 e. The van der Waals surface area contributed by atoms with E-state index in [1.807, 2.05) is 0 Å². The molecular weight excluding hydrogens is 424 g/mol. The van der Waals surface area contributed by atoms with E-state index in [-0.39, 0.29) is 0 Å². The van der Waals surface area contributed by atoms with Gasteiger partial charge in [-0.1, -0.05) is 31.9 Å². The summed E-state index contributed by atoms with van der Waals surface area (Å²) in [4.78, 5) is 0. The van der Waals surface area contributed by atoms with Crippen molar-refractivity contribution >= 4 is 31.9 Å². The van der Waals surface area contributed by atoms with Crippen molar-refractivity contribution in [3.63, 3.8) is 0 Å². The van der Waals surface area contributed by atoms with Crippen LogP contribution >= 0.6 is 31.9 Å². The predicted octanol–water partition coefficient (Wildman–Crippen LogP) is -2.68. The molecule has 10 atom stereocenters. The molecule has 0 aliphatic carbocycles. The molecule has 9 nitrogen and oxygen atoms in total. The summed E-state index contributed by atoms with van der Waals surface area (Å²) < 4.78 is 15.4. The van der Waals surface area contributed by atoms with Gasteiger partial charge in [-0.15, -0.1) is 0 Å². The average Bonchev–Trinajstić information content (AvgIpc) is 2.45. The van der Waals surface area contributed by atoms with Crippen molar-refractivity contribution in [2.75, 3.05) is 0 Å². The first kappa shape index (κ1) is 17.9. The minimum Gasteiger partial charge on any atom is -0.387 e. The summed E-state index contributed by atoms with van der Waals surface area (Å²) in [5.41, 5.74) is 0. The molecule has 2 aliphatic rings. The van der Waals surface area contributed by atoms with Crippen molar-refractivity contribution in [3.05, 3.63) is 0 Å². The molecule has 0 aromatic rings. The minimum absolute atomic E-state index is 1.00. The molecule has 124 valence electrons. The quantitative estimate of drug-likeness (QED) is 0.253. The Balaban J connectivity index is 2.03. The van der Waals surface area contributed by atoms with Crippen LogP contribution in [0.5, 0.6) is 0 Å². The van der Waals surface area contributed by atoms with Gasteiger partial charge in [0, 0.05) is 0 Å². The zero-order valence-corrected chi connectivity index (χ0v) is 13.6. The molecule has 2 aliphatic heterocycles. The Morgan fingerprint density at radius 1 is 0.571 bits per heavy atom. The Kier molecular flexibility index (Phi) is 5.99. The van der Waals surface area contributed by atoms with Crippen LogP contribution in [0.4, 0.5) is 0 Å². The second kappa shape index (κ2) is 7.01. The highest BCUT2D eigenvalue weighted by atomic mass is 79.9. The van der Waals surface area contributed by atoms with Gasteiger partial charge >= 0.3 is 0 Å². The minimum atomic E-state index is -1.60. The van der Waals surface area contributed by atoms with Crippen LogP contribution in [0.1, 0.15) is 0 Å². The lowest BCUT2D eigenvalue weighted by atomic mass is 10.0. The maximum absolute atomic E-state index is 9.78. The van der Waals surface area contributed by atoms with E-state index in [0.29, 0.717) is 0 Å². The van der Waals surface area contributed by atoms with Crippen LogP contribution in [0.15, 0.2) is 0 Å². The summed E-state index contributed by atoms with van der Waals surface area (Å²) in [5.74, 6) is 0. The Morgan fingerprint density at radius 3 is 1.24 bits per heavy atom. The largest absolute Gasteiger partial charge is 0.387 e. The second-order valence-electron chi connectivity index (χ2n) is 4.79. The zero-order valence-electron chi connectivity index (χ0n) is 10.4. The third-order valence-electron chi connectivity index (χ3n) is 3.29. The van der Waals surface area contributed by atoms with Gasteiger partial charge in [-0.3, -0.25) is 0 Å². The fourth-order valence-electron chi connectivity index (χ4n) is 1.97. The monoisotopic (exact) mass is 438 g/mol. The number of hydrogen-bond donors (Lipinski definition) is 6. The summed E-state index contributed by atoms with van der Waals surface area (Å²) >= 11 is 5.90. The van der Waals surface area contributed by atoms with Gasteiger partial charge in [0.25, 0.3) is 0 Å². The summed E-state index contributed by atoms with van der Waals surface area (Å²) in [5, 5.41) is 55.9. The van der Waals surface area contributed by atoms with E-state index < -0.39 is 59.2 Å². The third-order valence-corrected chi connectivity index (χ3v) is 4.81. The molecule has 0 spiro atoms. The molecule has 2 fully saturated rings. The molecular formula is C10H16Br2O9. The van der Waals surface area contributed by atoms with E-state index in [0.717, 1.165) is 0 Å². The van der Waals surface area contributed by atoms with Crippen molar-refractivity contribution in [2.24, 2.45) is 0 Å². The highest BCUT2D eigenvalue weighted by Crippen LogP contribution is 2.30. The number of rotatable bonds is 2. The molecule has 2 rings (SSSR count). The predicted molar refractivity (Wildman–Crippen MR) is 72.3 cm³/mol. The zero-order chi connectivity index (χ0) is 15.9. The molecule has 21 heavy (non-hydrogen) atoms. The molecule has 2 heterocycles. The Labute approximate surface area is 136 Å². The van der Waals surface area contributed by atoms with Crippen molar-refractivity contribution in [1.29, 1.82) is 0 Å². The summed E-state index contributed by atoms with van der Waals surface area (Å²) in [6.07, 6.45) is -11.8. The Hall–Kier alpha value is 0.600.